The van der Waals surface area contributed by atoms with Crippen LogP contribution in [0.5, 0.6) is 0 Å². The van der Waals surface area contributed by atoms with Crippen molar-refractivity contribution in [2.45, 2.75) is 51.6 Å². The lowest BCUT2D eigenvalue weighted by molar-refractivity contribution is 0.461. The van der Waals surface area contributed by atoms with E-state index in [4.69, 9.17) is 0 Å². The third kappa shape index (κ3) is 2.82. The summed E-state index contributed by atoms with van der Waals surface area (Å²) < 4.78 is 0. The van der Waals surface area contributed by atoms with E-state index in [9.17, 15) is 0 Å². The molecule has 1 saturated carbocycles. The summed E-state index contributed by atoms with van der Waals surface area (Å²) in [7, 11) is 0. The van der Waals surface area contributed by atoms with E-state index in [1.807, 2.05) is 0 Å². The van der Waals surface area contributed by atoms with Crippen LogP contribution in [0.1, 0.15) is 49.8 Å². The topological polar surface area (TPSA) is 12.0 Å². The molecule has 0 radical (unpaired) electrons. The maximum Gasteiger partial charge on any atom is 0.0294 e. The molecule has 1 aliphatic rings. The average Bonchev–Trinajstić information content (AvgIpc) is 2.71. The minimum Gasteiger partial charge on any atom is -0.307 e. The molecule has 1 aromatic rings. The molecule has 0 unspecified atom stereocenters. The molecule has 2 rings (SSSR count). The monoisotopic (exact) mass is 203 g/mol. The molecule has 1 nitrogen and oxygen atoms in total. The molecular weight excluding hydrogens is 182 g/mol. The molecule has 82 valence electrons. The van der Waals surface area contributed by atoms with Crippen LogP contribution in [0.15, 0.2) is 24.3 Å². The summed E-state index contributed by atoms with van der Waals surface area (Å²) in [5.74, 6) is 0. The van der Waals surface area contributed by atoms with Crippen LogP contribution in [0.4, 0.5) is 0 Å². The van der Waals surface area contributed by atoms with Gasteiger partial charge in [-0.1, -0.05) is 42.7 Å². The second-order valence-corrected chi connectivity index (χ2v) is 4.78. The van der Waals surface area contributed by atoms with Gasteiger partial charge in [0.15, 0.2) is 0 Å². The SMILES string of the molecule is Cc1ccc([C@@H](C)NC2CCCC2)cc1. The Kier molecular flexibility index (Phi) is 3.42. The third-order valence-electron chi connectivity index (χ3n) is 3.42. The normalized spacial score (nSPS) is 19.3. The van der Waals surface area contributed by atoms with Crippen molar-refractivity contribution in [3.8, 4) is 0 Å². The highest BCUT2D eigenvalue weighted by Gasteiger charge is 2.17. The smallest absolute Gasteiger partial charge is 0.0294 e. The second kappa shape index (κ2) is 4.80. The lowest BCUT2D eigenvalue weighted by Gasteiger charge is -2.19. The number of hydrogen-bond donors (Lipinski definition) is 1. The zero-order chi connectivity index (χ0) is 10.7. The van der Waals surface area contributed by atoms with Crippen molar-refractivity contribution >= 4 is 0 Å². The van der Waals surface area contributed by atoms with Crippen molar-refractivity contribution in [2.24, 2.45) is 0 Å². The van der Waals surface area contributed by atoms with Crippen molar-refractivity contribution in [3.05, 3.63) is 35.4 Å². The number of rotatable bonds is 3. The zero-order valence-electron chi connectivity index (χ0n) is 9.79. The zero-order valence-corrected chi connectivity index (χ0v) is 9.79. The molecule has 1 aliphatic carbocycles. The Hall–Kier alpha value is -0.820. The molecule has 0 bridgehead atoms. The maximum absolute atomic E-state index is 3.71. The van der Waals surface area contributed by atoms with Crippen molar-refractivity contribution in [1.82, 2.24) is 5.32 Å². The van der Waals surface area contributed by atoms with Gasteiger partial charge in [-0.3, -0.25) is 0 Å². The number of hydrogen-bond acceptors (Lipinski definition) is 1. The quantitative estimate of drug-likeness (QED) is 0.791. The summed E-state index contributed by atoms with van der Waals surface area (Å²) in [6.07, 6.45) is 5.52. The summed E-state index contributed by atoms with van der Waals surface area (Å²) >= 11 is 0. The average molecular weight is 203 g/mol. The van der Waals surface area contributed by atoms with Gasteiger partial charge in [0.2, 0.25) is 0 Å². The molecule has 0 spiro atoms. The van der Waals surface area contributed by atoms with Gasteiger partial charge in [0.25, 0.3) is 0 Å². The van der Waals surface area contributed by atoms with Crippen molar-refractivity contribution in [1.29, 1.82) is 0 Å². The Morgan fingerprint density at radius 2 is 1.73 bits per heavy atom. The van der Waals surface area contributed by atoms with Gasteiger partial charge in [-0.15, -0.1) is 0 Å². The lowest BCUT2D eigenvalue weighted by Crippen LogP contribution is -2.28. The van der Waals surface area contributed by atoms with Crippen LogP contribution in [-0.4, -0.2) is 6.04 Å². The Labute approximate surface area is 92.9 Å². The van der Waals surface area contributed by atoms with Gasteiger partial charge in [0, 0.05) is 12.1 Å². The Morgan fingerprint density at radius 1 is 1.13 bits per heavy atom. The molecule has 0 aliphatic heterocycles. The number of nitrogens with one attached hydrogen (secondary N) is 1. The van der Waals surface area contributed by atoms with Crippen LogP contribution in [-0.2, 0) is 0 Å². The summed E-state index contributed by atoms with van der Waals surface area (Å²) in [5.41, 5.74) is 2.75. The summed E-state index contributed by atoms with van der Waals surface area (Å²) in [4.78, 5) is 0. The predicted octanol–water partition coefficient (Wildman–Crippen LogP) is 3.59. The van der Waals surface area contributed by atoms with E-state index in [1.165, 1.54) is 36.8 Å². The molecule has 1 atom stereocenters. The van der Waals surface area contributed by atoms with E-state index in [0.29, 0.717) is 6.04 Å². The first-order valence-corrected chi connectivity index (χ1v) is 6.08. The highest BCUT2D eigenvalue weighted by Crippen LogP contribution is 2.22. The van der Waals surface area contributed by atoms with Crippen LogP contribution < -0.4 is 5.32 Å². The summed E-state index contributed by atoms with van der Waals surface area (Å²) in [6, 6.07) is 10.1. The minimum absolute atomic E-state index is 0.494. The first-order valence-electron chi connectivity index (χ1n) is 6.08. The van der Waals surface area contributed by atoms with Crippen molar-refractivity contribution < 1.29 is 0 Å². The van der Waals surface area contributed by atoms with E-state index in [-0.39, 0.29) is 0 Å². The Bertz CT molecular complexity index is 296. The summed E-state index contributed by atoms with van der Waals surface area (Å²) in [6.45, 7) is 4.40. The highest BCUT2D eigenvalue weighted by molar-refractivity contribution is 5.23. The van der Waals surface area contributed by atoms with Gasteiger partial charge in [-0.05, 0) is 32.3 Å². The molecule has 1 aromatic carbocycles. The fraction of sp³-hybridized carbons (Fsp3) is 0.571. The van der Waals surface area contributed by atoms with Gasteiger partial charge < -0.3 is 5.32 Å². The Morgan fingerprint density at radius 3 is 2.33 bits per heavy atom. The molecular formula is C14H21N. The molecule has 0 saturated heterocycles. The second-order valence-electron chi connectivity index (χ2n) is 4.78. The first kappa shape index (κ1) is 10.7. The maximum atomic E-state index is 3.71. The molecule has 0 amide bonds. The fourth-order valence-corrected chi connectivity index (χ4v) is 2.40. The highest BCUT2D eigenvalue weighted by atomic mass is 14.9. The largest absolute Gasteiger partial charge is 0.307 e. The molecule has 0 aromatic heterocycles. The molecule has 15 heavy (non-hydrogen) atoms. The van der Waals surface area contributed by atoms with E-state index >= 15 is 0 Å². The number of aryl methyl sites for hydroxylation is 1. The van der Waals surface area contributed by atoms with Crippen LogP contribution in [0, 0.1) is 6.92 Å². The predicted molar refractivity (Wildman–Crippen MR) is 65.0 cm³/mol. The lowest BCUT2D eigenvalue weighted by atomic mass is 10.1. The first-order chi connectivity index (χ1) is 7.25. The molecule has 0 heterocycles. The Balaban J connectivity index is 1.94. The van der Waals surface area contributed by atoms with Crippen LogP contribution in [0.25, 0.3) is 0 Å². The van der Waals surface area contributed by atoms with E-state index in [1.54, 1.807) is 0 Å². The van der Waals surface area contributed by atoms with Crippen molar-refractivity contribution in [2.75, 3.05) is 0 Å². The van der Waals surface area contributed by atoms with Crippen LogP contribution >= 0.6 is 0 Å². The van der Waals surface area contributed by atoms with Crippen LogP contribution in [0.2, 0.25) is 0 Å². The van der Waals surface area contributed by atoms with Gasteiger partial charge in [-0.2, -0.15) is 0 Å². The fourth-order valence-electron chi connectivity index (χ4n) is 2.40. The summed E-state index contributed by atoms with van der Waals surface area (Å²) in [5, 5.41) is 3.71. The standard InChI is InChI=1S/C14H21N/c1-11-7-9-13(10-8-11)12(2)15-14-5-3-4-6-14/h7-10,12,14-15H,3-6H2,1-2H3/t12-/m1/s1. The third-order valence-corrected chi connectivity index (χ3v) is 3.42. The van der Waals surface area contributed by atoms with E-state index in [0.717, 1.165) is 6.04 Å². The van der Waals surface area contributed by atoms with Crippen LogP contribution in [0.3, 0.4) is 0 Å². The van der Waals surface area contributed by atoms with E-state index < -0.39 is 0 Å². The van der Waals surface area contributed by atoms with Gasteiger partial charge in [0.05, 0.1) is 0 Å². The van der Waals surface area contributed by atoms with Crippen molar-refractivity contribution in [3.63, 3.8) is 0 Å². The molecule has 1 fully saturated rings. The molecule has 1 N–H and O–H groups in total. The number of benzene rings is 1. The van der Waals surface area contributed by atoms with Gasteiger partial charge in [0.1, 0.15) is 0 Å². The van der Waals surface area contributed by atoms with E-state index in [2.05, 4.69) is 43.4 Å². The molecule has 1 heteroatoms. The van der Waals surface area contributed by atoms with Gasteiger partial charge >= 0.3 is 0 Å². The van der Waals surface area contributed by atoms with Gasteiger partial charge in [-0.25, -0.2) is 0 Å². The minimum atomic E-state index is 0.494.